The molecular weight excluding hydrogens is 414 g/mol. The van der Waals surface area contributed by atoms with Gasteiger partial charge in [-0.05, 0) is 75.2 Å². The van der Waals surface area contributed by atoms with Gasteiger partial charge in [-0.15, -0.1) is 0 Å². The molecule has 172 valence electrons. The van der Waals surface area contributed by atoms with Crippen LogP contribution in [0.25, 0.3) is 0 Å². The number of benzene rings is 2. The molecule has 3 heterocycles. The lowest BCUT2D eigenvalue weighted by Crippen LogP contribution is -2.51. The first-order chi connectivity index (χ1) is 16.2. The molecule has 0 aliphatic carbocycles. The summed E-state index contributed by atoms with van der Waals surface area (Å²) in [6, 6.07) is 17.0. The van der Waals surface area contributed by atoms with Gasteiger partial charge < -0.3 is 4.90 Å². The predicted molar refractivity (Wildman–Crippen MR) is 128 cm³/mol. The molecule has 5 rings (SSSR count). The zero-order chi connectivity index (χ0) is 22.6. The molecule has 0 aromatic heterocycles. The zero-order valence-corrected chi connectivity index (χ0v) is 19.0. The summed E-state index contributed by atoms with van der Waals surface area (Å²) in [7, 11) is 0. The maximum atomic E-state index is 13.2. The van der Waals surface area contributed by atoms with Gasteiger partial charge in [0.25, 0.3) is 5.91 Å². The molecule has 3 saturated heterocycles. The van der Waals surface area contributed by atoms with Crippen LogP contribution in [-0.4, -0.2) is 59.9 Å². The van der Waals surface area contributed by atoms with E-state index in [0.717, 1.165) is 31.6 Å². The Morgan fingerprint density at radius 3 is 2.00 bits per heavy atom. The van der Waals surface area contributed by atoms with Gasteiger partial charge >= 0.3 is 0 Å². The van der Waals surface area contributed by atoms with Crippen LogP contribution in [0, 0.1) is 0 Å². The van der Waals surface area contributed by atoms with Crippen molar-refractivity contribution in [2.45, 2.75) is 50.6 Å². The van der Waals surface area contributed by atoms with Crippen molar-refractivity contribution < 1.29 is 9.59 Å². The summed E-state index contributed by atoms with van der Waals surface area (Å²) < 4.78 is 0. The van der Waals surface area contributed by atoms with Crippen molar-refractivity contribution >= 4 is 28.9 Å². The number of hydrogen-bond donors (Lipinski definition) is 0. The maximum Gasteiger partial charge on any atom is 0.251 e. The summed E-state index contributed by atoms with van der Waals surface area (Å²) in [6.45, 7) is 4.19. The summed E-state index contributed by atoms with van der Waals surface area (Å²) in [6.07, 6.45) is 6.38. The third-order valence-electron chi connectivity index (χ3n) is 7.11. The topological polar surface area (TPSA) is 68.6 Å². The molecule has 0 saturated carbocycles. The van der Waals surface area contributed by atoms with Crippen molar-refractivity contribution in [3.63, 3.8) is 0 Å². The molecule has 33 heavy (non-hydrogen) atoms. The number of nitrogens with zero attached hydrogens (tertiary/aromatic N) is 5. The molecule has 2 aromatic carbocycles. The van der Waals surface area contributed by atoms with Crippen LogP contribution in [0.1, 0.15) is 38.5 Å². The highest BCUT2D eigenvalue weighted by atomic mass is 16.2. The minimum Gasteiger partial charge on any atom is -0.300 e. The van der Waals surface area contributed by atoms with E-state index in [4.69, 9.17) is 0 Å². The first kappa shape index (κ1) is 21.9. The largest absolute Gasteiger partial charge is 0.300 e. The van der Waals surface area contributed by atoms with Crippen molar-refractivity contribution in [3.05, 3.63) is 54.6 Å². The molecule has 1 atom stereocenters. The Morgan fingerprint density at radius 2 is 1.33 bits per heavy atom. The number of carbonyl (C=O) groups is 2. The fourth-order valence-electron chi connectivity index (χ4n) is 5.30. The Balaban J connectivity index is 1.20. The first-order valence-electron chi connectivity index (χ1n) is 12.1. The first-order valence-corrected chi connectivity index (χ1v) is 12.1. The average Bonchev–Trinajstić information content (AvgIpc) is 3.18. The minimum absolute atomic E-state index is 0.102. The van der Waals surface area contributed by atoms with Crippen LogP contribution in [-0.2, 0) is 9.59 Å². The SMILES string of the molecule is O=C1CC(N2CCC(N3CCCCC3)CC2)C(=O)N1c1ccc(N=Nc2ccccc2)cc1. The quantitative estimate of drug-likeness (QED) is 0.495. The Morgan fingerprint density at radius 1 is 0.697 bits per heavy atom. The molecule has 2 aromatic rings. The molecule has 7 heteroatoms. The zero-order valence-electron chi connectivity index (χ0n) is 19.0. The Kier molecular flexibility index (Phi) is 6.60. The van der Waals surface area contributed by atoms with E-state index in [1.165, 1.54) is 37.3 Å². The van der Waals surface area contributed by atoms with Gasteiger partial charge in [0.2, 0.25) is 5.91 Å². The highest BCUT2D eigenvalue weighted by Crippen LogP contribution is 2.30. The molecule has 2 amide bonds. The van der Waals surface area contributed by atoms with Crippen LogP contribution in [0.4, 0.5) is 17.1 Å². The van der Waals surface area contributed by atoms with E-state index in [1.807, 2.05) is 30.3 Å². The molecule has 3 aliphatic rings. The third kappa shape index (κ3) is 4.89. The van der Waals surface area contributed by atoms with E-state index in [-0.39, 0.29) is 24.3 Å². The number of carbonyl (C=O) groups excluding carboxylic acids is 2. The molecule has 0 bridgehead atoms. The van der Waals surface area contributed by atoms with Crippen LogP contribution in [0.15, 0.2) is 64.8 Å². The number of piperidine rings is 2. The van der Waals surface area contributed by atoms with Gasteiger partial charge in [-0.2, -0.15) is 10.2 Å². The third-order valence-corrected chi connectivity index (χ3v) is 7.11. The van der Waals surface area contributed by atoms with Crippen molar-refractivity contribution in [2.24, 2.45) is 10.2 Å². The number of likely N-dealkylation sites (tertiary alicyclic amines) is 2. The lowest BCUT2D eigenvalue weighted by Gasteiger charge is -2.41. The van der Waals surface area contributed by atoms with Crippen molar-refractivity contribution in [1.82, 2.24) is 9.80 Å². The van der Waals surface area contributed by atoms with Crippen LogP contribution in [0.3, 0.4) is 0 Å². The summed E-state index contributed by atoms with van der Waals surface area (Å²) in [5.41, 5.74) is 2.06. The van der Waals surface area contributed by atoms with Crippen molar-refractivity contribution in [1.29, 1.82) is 0 Å². The Labute approximate surface area is 195 Å². The Hall–Kier alpha value is -2.90. The maximum absolute atomic E-state index is 13.2. The molecular formula is C26H31N5O2. The number of hydrogen-bond acceptors (Lipinski definition) is 6. The van der Waals surface area contributed by atoms with E-state index < -0.39 is 0 Å². The summed E-state index contributed by atoms with van der Waals surface area (Å²) in [4.78, 5) is 32.2. The standard InChI is InChI=1S/C26H31N5O2/c32-25-19-24(30-17-13-22(14-18-30)29-15-5-2-6-16-29)26(33)31(25)23-11-9-21(10-12-23)28-27-20-7-3-1-4-8-20/h1,3-4,7-12,22,24H,2,5-6,13-19H2. The summed E-state index contributed by atoms with van der Waals surface area (Å²) >= 11 is 0. The van der Waals surface area contributed by atoms with Crippen LogP contribution >= 0.6 is 0 Å². The van der Waals surface area contributed by atoms with Crippen molar-refractivity contribution in [2.75, 3.05) is 31.1 Å². The van der Waals surface area contributed by atoms with E-state index >= 15 is 0 Å². The summed E-state index contributed by atoms with van der Waals surface area (Å²) in [5, 5.41) is 8.45. The fourth-order valence-corrected chi connectivity index (χ4v) is 5.30. The second-order valence-electron chi connectivity index (χ2n) is 9.20. The lowest BCUT2D eigenvalue weighted by molar-refractivity contribution is -0.123. The average molecular weight is 446 g/mol. The number of amides is 2. The molecule has 0 N–H and O–H groups in total. The van der Waals surface area contributed by atoms with E-state index in [0.29, 0.717) is 17.4 Å². The predicted octanol–water partition coefficient (Wildman–Crippen LogP) is 4.68. The Bertz CT molecular complexity index is 993. The monoisotopic (exact) mass is 445 g/mol. The fraction of sp³-hybridized carbons (Fsp3) is 0.462. The highest BCUT2D eigenvalue weighted by molar-refractivity contribution is 6.22. The normalized spacial score (nSPS) is 23.6. The number of rotatable bonds is 5. The second-order valence-corrected chi connectivity index (χ2v) is 9.20. The second kappa shape index (κ2) is 9.93. The van der Waals surface area contributed by atoms with Gasteiger partial charge in [-0.1, -0.05) is 24.6 Å². The van der Waals surface area contributed by atoms with Gasteiger partial charge in [-0.3, -0.25) is 14.5 Å². The number of azo groups is 1. The summed E-state index contributed by atoms with van der Waals surface area (Å²) in [5.74, 6) is -0.225. The van der Waals surface area contributed by atoms with Gasteiger partial charge in [0.15, 0.2) is 0 Å². The number of imide groups is 1. The smallest absolute Gasteiger partial charge is 0.251 e. The van der Waals surface area contributed by atoms with Crippen LogP contribution < -0.4 is 4.90 Å². The molecule has 3 aliphatic heterocycles. The molecule has 1 unspecified atom stereocenters. The van der Waals surface area contributed by atoms with Gasteiger partial charge in [0.1, 0.15) is 0 Å². The molecule has 3 fully saturated rings. The van der Waals surface area contributed by atoms with Gasteiger partial charge in [0, 0.05) is 19.1 Å². The highest BCUT2D eigenvalue weighted by Gasteiger charge is 2.43. The minimum atomic E-state index is -0.336. The number of anilines is 1. The van der Waals surface area contributed by atoms with E-state index in [1.54, 1.807) is 24.3 Å². The lowest BCUT2D eigenvalue weighted by atomic mass is 9.98. The molecule has 0 radical (unpaired) electrons. The van der Waals surface area contributed by atoms with Gasteiger partial charge in [0.05, 0.1) is 29.5 Å². The molecule has 7 nitrogen and oxygen atoms in total. The van der Waals surface area contributed by atoms with Gasteiger partial charge in [-0.25, -0.2) is 4.90 Å². The van der Waals surface area contributed by atoms with E-state index in [2.05, 4.69) is 20.0 Å². The van der Waals surface area contributed by atoms with E-state index in [9.17, 15) is 9.59 Å². The van der Waals surface area contributed by atoms with Crippen molar-refractivity contribution in [3.8, 4) is 0 Å². The molecule has 0 spiro atoms. The van der Waals surface area contributed by atoms with Crippen LogP contribution in [0.2, 0.25) is 0 Å². The van der Waals surface area contributed by atoms with Crippen LogP contribution in [0.5, 0.6) is 0 Å².